The maximum Gasteiger partial charge on any atom is 0.273 e. The summed E-state index contributed by atoms with van der Waals surface area (Å²) in [5, 5.41) is 6.14. The number of nitrogens with one attached hydrogen (secondary N) is 2. The molecule has 0 saturated heterocycles. The van der Waals surface area contributed by atoms with E-state index < -0.39 is 0 Å². The van der Waals surface area contributed by atoms with Crippen molar-refractivity contribution in [2.45, 2.75) is 19.0 Å². The fraction of sp³-hybridized carbons (Fsp3) is 0.318. The number of methoxy groups -OCH3 is 1. The number of H-pyrrole nitrogens is 1. The molecule has 1 heterocycles. The van der Waals surface area contributed by atoms with Crippen molar-refractivity contribution in [2.75, 3.05) is 27.7 Å². The van der Waals surface area contributed by atoms with Gasteiger partial charge in [-0.1, -0.05) is 24.3 Å². The van der Waals surface area contributed by atoms with Crippen molar-refractivity contribution in [1.82, 2.24) is 20.0 Å². The van der Waals surface area contributed by atoms with E-state index in [1.165, 1.54) is 4.68 Å². The van der Waals surface area contributed by atoms with Crippen LogP contribution in [0.15, 0.2) is 58.1 Å². The summed E-state index contributed by atoms with van der Waals surface area (Å²) in [6.07, 6.45) is 0.0758. The first-order valence-corrected chi connectivity index (χ1v) is 9.69. The number of hydrogen-bond donors (Lipinski definition) is 2. The Morgan fingerprint density at radius 1 is 1.13 bits per heavy atom. The number of amides is 1. The topological polar surface area (TPSA) is 96.4 Å². The number of likely N-dealkylation sites (N-methyl/N-ethyl adjacent to an activating group) is 1. The molecule has 0 spiro atoms. The van der Waals surface area contributed by atoms with Gasteiger partial charge in [-0.2, -0.15) is 0 Å². The Kier molecular flexibility index (Phi) is 6.68. The molecular formula is C22H26N4O4. The highest BCUT2D eigenvalue weighted by Gasteiger charge is 2.16. The van der Waals surface area contributed by atoms with E-state index in [0.717, 1.165) is 11.3 Å². The van der Waals surface area contributed by atoms with Gasteiger partial charge in [0.05, 0.1) is 30.5 Å². The average molecular weight is 410 g/mol. The molecule has 0 fully saturated rings. The molecule has 2 N–H and O–H groups in total. The summed E-state index contributed by atoms with van der Waals surface area (Å²) < 4.78 is 6.47. The molecule has 1 amide bonds. The molecule has 0 aliphatic carbocycles. The molecule has 2 aromatic carbocycles. The van der Waals surface area contributed by atoms with Crippen LogP contribution in [0.2, 0.25) is 0 Å². The number of aromatic amines is 1. The number of fused-ring (bicyclic) bond motifs is 1. The van der Waals surface area contributed by atoms with E-state index in [9.17, 15) is 14.4 Å². The molecule has 1 unspecified atom stereocenters. The van der Waals surface area contributed by atoms with Crippen molar-refractivity contribution < 1.29 is 9.53 Å². The minimum absolute atomic E-state index is 0.0350. The van der Waals surface area contributed by atoms with Crippen molar-refractivity contribution in [3.05, 3.63) is 74.8 Å². The maximum absolute atomic E-state index is 12.5. The van der Waals surface area contributed by atoms with Gasteiger partial charge in [-0.15, -0.1) is 0 Å². The monoisotopic (exact) mass is 410 g/mol. The van der Waals surface area contributed by atoms with E-state index in [-0.39, 0.29) is 36.0 Å². The van der Waals surface area contributed by atoms with Gasteiger partial charge in [-0.3, -0.25) is 19.5 Å². The van der Waals surface area contributed by atoms with Gasteiger partial charge in [-0.05, 0) is 43.9 Å². The predicted octanol–water partition coefficient (Wildman–Crippen LogP) is 1.51. The molecule has 158 valence electrons. The molecule has 0 aliphatic rings. The number of aryl methyl sites for hydroxylation is 1. The lowest BCUT2D eigenvalue weighted by Gasteiger charge is -2.25. The van der Waals surface area contributed by atoms with E-state index in [4.69, 9.17) is 4.74 Å². The summed E-state index contributed by atoms with van der Waals surface area (Å²) in [6, 6.07) is 14.3. The molecule has 0 aliphatic heterocycles. The van der Waals surface area contributed by atoms with Crippen molar-refractivity contribution in [3.8, 4) is 5.75 Å². The third kappa shape index (κ3) is 4.77. The second-order valence-corrected chi connectivity index (χ2v) is 7.25. The molecule has 0 bridgehead atoms. The number of benzene rings is 2. The summed E-state index contributed by atoms with van der Waals surface area (Å²) in [5.74, 6) is 0.552. The van der Waals surface area contributed by atoms with Crippen molar-refractivity contribution in [2.24, 2.45) is 0 Å². The molecule has 0 saturated carbocycles. The maximum atomic E-state index is 12.5. The molecule has 8 heteroatoms. The molecule has 1 atom stereocenters. The van der Waals surface area contributed by atoms with Crippen LogP contribution in [0, 0.1) is 0 Å². The second kappa shape index (κ2) is 9.41. The molecule has 0 radical (unpaired) electrons. The van der Waals surface area contributed by atoms with Crippen LogP contribution in [-0.2, 0) is 11.3 Å². The zero-order chi connectivity index (χ0) is 21.7. The first-order valence-electron chi connectivity index (χ1n) is 9.69. The zero-order valence-electron chi connectivity index (χ0n) is 17.3. The minimum Gasteiger partial charge on any atom is -0.497 e. The number of rotatable bonds is 8. The van der Waals surface area contributed by atoms with Crippen molar-refractivity contribution >= 4 is 16.7 Å². The van der Waals surface area contributed by atoms with Crippen LogP contribution in [-0.4, -0.2) is 48.3 Å². The summed E-state index contributed by atoms with van der Waals surface area (Å²) in [7, 11) is 5.50. The average Bonchev–Trinajstić information content (AvgIpc) is 2.75. The Hall–Kier alpha value is -3.39. The van der Waals surface area contributed by atoms with E-state index in [1.807, 2.05) is 43.3 Å². The van der Waals surface area contributed by atoms with E-state index >= 15 is 0 Å². The standard InChI is InChI=1S/C22H26N4O4/c1-25(2)19(15-7-6-8-16(13-15)30-3)14-23-20(27)11-12-26-22(29)18-10-5-4-9-17(18)21(28)24-26/h4-10,13,19H,11-12,14H2,1-3H3,(H,23,27)(H,24,28). The van der Waals surface area contributed by atoms with Crippen LogP contribution in [0.5, 0.6) is 5.75 Å². The van der Waals surface area contributed by atoms with E-state index in [2.05, 4.69) is 10.4 Å². The fourth-order valence-electron chi connectivity index (χ4n) is 3.36. The Bertz CT molecular complexity index is 1150. The number of nitrogens with zero attached hydrogens (tertiary/aromatic N) is 2. The number of carbonyl (C=O) groups is 1. The highest BCUT2D eigenvalue weighted by atomic mass is 16.5. The number of ether oxygens (including phenoxy) is 1. The van der Waals surface area contributed by atoms with Crippen LogP contribution in [0.3, 0.4) is 0 Å². The normalized spacial score (nSPS) is 12.1. The first kappa shape index (κ1) is 21.3. The van der Waals surface area contributed by atoms with Gasteiger partial charge < -0.3 is 15.0 Å². The Labute approximate surface area is 174 Å². The number of hydrogen-bond acceptors (Lipinski definition) is 5. The van der Waals surface area contributed by atoms with Gasteiger partial charge in [0.2, 0.25) is 5.91 Å². The highest BCUT2D eigenvalue weighted by Crippen LogP contribution is 2.22. The first-order chi connectivity index (χ1) is 14.4. The lowest BCUT2D eigenvalue weighted by Crippen LogP contribution is -2.36. The van der Waals surface area contributed by atoms with Crippen LogP contribution >= 0.6 is 0 Å². The summed E-state index contributed by atoms with van der Waals surface area (Å²) in [5.41, 5.74) is 0.353. The lowest BCUT2D eigenvalue weighted by molar-refractivity contribution is -0.121. The lowest BCUT2D eigenvalue weighted by atomic mass is 10.1. The van der Waals surface area contributed by atoms with Crippen molar-refractivity contribution in [3.63, 3.8) is 0 Å². The molecule has 30 heavy (non-hydrogen) atoms. The van der Waals surface area contributed by atoms with Gasteiger partial charge >= 0.3 is 0 Å². The van der Waals surface area contributed by atoms with Gasteiger partial charge in [-0.25, -0.2) is 4.68 Å². The highest BCUT2D eigenvalue weighted by molar-refractivity contribution is 5.80. The van der Waals surface area contributed by atoms with Gasteiger partial charge in [0.25, 0.3) is 11.1 Å². The largest absolute Gasteiger partial charge is 0.497 e. The molecule has 8 nitrogen and oxygen atoms in total. The Morgan fingerprint density at radius 2 is 1.87 bits per heavy atom. The van der Waals surface area contributed by atoms with Crippen LogP contribution < -0.4 is 21.2 Å². The summed E-state index contributed by atoms with van der Waals surface area (Å²) >= 11 is 0. The molecule has 3 rings (SSSR count). The van der Waals surface area contributed by atoms with E-state index in [1.54, 1.807) is 31.4 Å². The smallest absolute Gasteiger partial charge is 0.273 e. The Balaban J connectivity index is 1.65. The SMILES string of the molecule is COc1cccc(C(CNC(=O)CCn2[nH]c(=O)c3ccccc3c2=O)N(C)C)c1. The van der Waals surface area contributed by atoms with Crippen LogP contribution in [0.25, 0.3) is 10.8 Å². The molecular weight excluding hydrogens is 384 g/mol. The zero-order valence-corrected chi connectivity index (χ0v) is 17.3. The minimum atomic E-state index is -0.351. The fourth-order valence-corrected chi connectivity index (χ4v) is 3.36. The second-order valence-electron chi connectivity index (χ2n) is 7.25. The predicted molar refractivity (Wildman–Crippen MR) is 116 cm³/mol. The van der Waals surface area contributed by atoms with Crippen LogP contribution in [0.4, 0.5) is 0 Å². The number of carbonyl (C=O) groups excluding carboxylic acids is 1. The molecule has 3 aromatic rings. The Morgan fingerprint density at radius 3 is 2.57 bits per heavy atom. The molecule has 1 aromatic heterocycles. The van der Waals surface area contributed by atoms with Crippen molar-refractivity contribution in [1.29, 1.82) is 0 Å². The third-order valence-electron chi connectivity index (χ3n) is 5.04. The quantitative estimate of drug-likeness (QED) is 0.587. The van der Waals surface area contributed by atoms with Gasteiger partial charge in [0.15, 0.2) is 0 Å². The van der Waals surface area contributed by atoms with Gasteiger partial charge in [0, 0.05) is 13.0 Å². The van der Waals surface area contributed by atoms with Crippen LogP contribution in [0.1, 0.15) is 18.0 Å². The van der Waals surface area contributed by atoms with E-state index in [0.29, 0.717) is 17.3 Å². The van der Waals surface area contributed by atoms with Gasteiger partial charge in [0.1, 0.15) is 5.75 Å². The summed E-state index contributed by atoms with van der Waals surface area (Å²) in [4.78, 5) is 39.1. The third-order valence-corrected chi connectivity index (χ3v) is 5.04. The number of aromatic nitrogens is 2. The summed E-state index contributed by atoms with van der Waals surface area (Å²) in [6.45, 7) is 0.499.